The van der Waals surface area contributed by atoms with Gasteiger partial charge in [-0.2, -0.15) is 10.1 Å². The Morgan fingerprint density at radius 2 is 1.70 bits per heavy atom. The maximum Gasteiger partial charge on any atom is 0.408 e. The van der Waals surface area contributed by atoms with Gasteiger partial charge in [0, 0.05) is 19.5 Å². The lowest BCUT2D eigenvalue weighted by atomic mass is 10.0. The summed E-state index contributed by atoms with van der Waals surface area (Å²) in [5.41, 5.74) is 1.82. The lowest BCUT2D eigenvalue weighted by Crippen LogP contribution is -2.52. The van der Waals surface area contributed by atoms with Crippen molar-refractivity contribution in [1.29, 1.82) is 0 Å². The number of amides is 2. The zero-order valence-corrected chi connectivity index (χ0v) is 16.5. The fraction of sp³-hybridized carbons (Fsp3) is 0.273. The number of nitrogens with one attached hydrogen (secondary N) is 1. The molecule has 2 heterocycles. The highest BCUT2D eigenvalue weighted by Gasteiger charge is 2.32. The molecular weight excluding hydrogens is 382 g/mol. The SMILES string of the molecule is O=C(N[C@@H](Cc1ccccc1)C(=O)N1CCCn2ncnc21)OCc1ccccc1. The molecule has 8 nitrogen and oxygen atoms in total. The molecule has 154 valence electrons. The van der Waals surface area contributed by atoms with Gasteiger partial charge in [-0.1, -0.05) is 60.7 Å². The van der Waals surface area contributed by atoms with Crippen molar-refractivity contribution in [2.75, 3.05) is 11.4 Å². The second-order valence-electron chi connectivity index (χ2n) is 7.07. The van der Waals surface area contributed by atoms with E-state index in [1.54, 1.807) is 9.58 Å². The van der Waals surface area contributed by atoms with E-state index in [0.29, 0.717) is 18.9 Å². The molecule has 1 aromatic heterocycles. The molecule has 0 fully saturated rings. The summed E-state index contributed by atoms with van der Waals surface area (Å²) >= 11 is 0. The summed E-state index contributed by atoms with van der Waals surface area (Å²) in [4.78, 5) is 31.6. The largest absolute Gasteiger partial charge is 0.445 e. The zero-order chi connectivity index (χ0) is 20.8. The average molecular weight is 405 g/mol. The van der Waals surface area contributed by atoms with E-state index < -0.39 is 12.1 Å². The Bertz CT molecular complexity index is 990. The number of nitrogens with zero attached hydrogens (tertiary/aromatic N) is 4. The van der Waals surface area contributed by atoms with Crippen molar-refractivity contribution in [3.05, 3.63) is 78.1 Å². The third-order valence-corrected chi connectivity index (χ3v) is 4.94. The molecule has 0 aliphatic carbocycles. The first-order valence-corrected chi connectivity index (χ1v) is 9.91. The number of ether oxygens (including phenoxy) is 1. The number of aryl methyl sites for hydroxylation is 1. The average Bonchev–Trinajstić information content (AvgIpc) is 3.27. The molecule has 0 saturated heterocycles. The van der Waals surface area contributed by atoms with Gasteiger partial charge in [-0.25, -0.2) is 9.48 Å². The fourth-order valence-electron chi connectivity index (χ4n) is 3.46. The normalized spacial score (nSPS) is 13.9. The van der Waals surface area contributed by atoms with Gasteiger partial charge >= 0.3 is 6.09 Å². The minimum absolute atomic E-state index is 0.136. The van der Waals surface area contributed by atoms with Gasteiger partial charge in [0.2, 0.25) is 5.95 Å². The number of rotatable bonds is 6. The molecule has 3 aromatic rings. The first-order valence-electron chi connectivity index (χ1n) is 9.91. The molecule has 4 rings (SSSR count). The quantitative estimate of drug-likeness (QED) is 0.681. The molecule has 30 heavy (non-hydrogen) atoms. The Balaban J connectivity index is 1.48. The zero-order valence-electron chi connectivity index (χ0n) is 16.5. The van der Waals surface area contributed by atoms with Gasteiger partial charge in [-0.05, 0) is 17.5 Å². The number of hydrogen-bond donors (Lipinski definition) is 1. The minimum atomic E-state index is -0.779. The summed E-state index contributed by atoms with van der Waals surface area (Å²) in [6, 6.07) is 18.2. The van der Waals surface area contributed by atoms with Crippen molar-refractivity contribution in [2.45, 2.75) is 32.0 Å². The Kier molecular flexibility index (Phi) is 6.03. The van der Waals surface area contributed by atoms with Crippen molar-refractivity contribution in [3.63, 3.8) is 0 Å². The van der Waals surface area contributed by atoms with Crippen LogP contribution in [0.15, 0.2) is 67.0 Å². The van der Waals surface area contributed by atoms with Crippen LogP contribution in [0.4, 0.5) is 10.7 Å². The van der Waals surface area contributed by atoms with E-state index in [2.05, 4.69) is 15.4 Å². The second-order valence-corrected chi connectivity index (χ2v) is 7.07. The van der Waals surface area contributed by atoms with Gasteiger partial charge in [0.25, 0.3) is 5.91 Å². The number of carbonyl (C=O) groups is 2. The monoisotopic (exact) mass is 405 g/mol. The molecule has 0 spiro atoms. The number of alkyl carbamates (subject to hydrolysis) is 1. The molecule has 0 saturated carbocycles. The van der Waals surface area contributed by atoms with Gasteiger partial charge in [0.1, 0.15) is 19.0 Å². The lowest BCUT2D eigenvalue weighted by Gasteiger charge is -2.29. The van der Waals surface area contributed by atoms with Crippen molar-refractivity contribution in [1.82, 2.24) is 20.1 Å². The summed E-state index contributed by atoms with van der Waals surface area (Å²) < 4.78 is 7.04. The number of anilines is 1. The third kappa shape index (κ3) is 4.65. The second kappa shape index (κ2) is 9.21. The molecule has 2 amide bonds. The molecule has 8 heteroatoms. The summed E-state index contributed by atoms with van der Waals surface area (Å²) in [7, 11) is 0. The van der Waals surface area contributed by atoms with Crippen LogP contribution >= 0.6 is 0 Å². The van der Waals surface area contributed by atoms with E-state index in [-0.39, 0.29) is 12.5 Å². The van der Waals surface area contributed by atoms with Crippen molar-refractivity contribution < 1.29 is 14.3 Å². The van der Waals surface area contributed by atoms with Gasteiger partial charge in [-0.3, -0.25) is 9.69 Å². The first kappa shape index (κ1) is 19.6. The molecule has 0 bridgehead atoms. The molecule has 1 aliphatic heterocycles. The molecule has 2 aromatic carbocycles. The van der Waals surface area contributed by atoms with Crippen molar-refractivity contribution in [3.8, 4) is 0 Å². The van der Waals surface area contributed by atoms with Crippen LogP contribution < -0.4 is 10.2 Å². The number of carbonyl (C=O) groups excluding carboxylic acids is 2. The highest BCUT2D eigenvalue weighted by molar-refractivity contribution is 5.97. The van der Waals surface area contributed by atoms with Crippen LogP contribution in [0.1, 0.15) is 17.5 Å². The van der Waals surface area contributed by atoms with Crippen LogP contribution in [0, 0.1) is 0 Å². The van der Waals surface area contributed by atoms with Gasteiger partial charge in [-0.15, -0.1) is 0 Å². The smallest absolute Gasteiger partial charge is 0.408 e. The third-order valence-electron chi connectivity index (χ3n) is 4.94. The summed E-state index contributed by atoms with van der Waals surface area (Å²) in [5, 5.41) is 6.90. The van der Waals surface area contributed by atoms with E-state index >= 15 is 0 Å². The Labute approximate surface area is 174 Å². The summed E-state index contributed by atoms with van der Waals surface area (Å²) in [5.74, 6) is 0.272. The number of fused-ring (bicyclic) bond motifs is 1. The van der Waals surface area contributed by atoms with Gasteiger partial charge < -0.3 is 10.1 Å². The molecule has 0 radical (unpaired) electrons. The molecular formula is C22H23N5O3. The molecule has 1 atom stereocenters. The van der Waals surface area contributed by atoms with E-state index in [4.69, 9.17) is 4.74 Å². The number of aromatic nitrogens is 3. The van der Waals surface area contributed by atoms with Gasteiger partial charge in [0.15, 0.2) is 0 Å². The van der Waals surface area contributed by atoms with E-state index in [0.717, 1.165) is 24.1 Å². The Hall–Kier alpha value is -3.68. The van der Waals surface area contributed by atoms with Crippen LogP contribution in [-0.2, 0) is 29.1 Å². The van der Waals surface area contributed by atoms with Crippen LogP contribution in [0.2, 0.25) is 0 Å². The van der Waals surface area contributed by atoms with Crippen molar-refractivity contribution >= 4 is 17.9 Å². The van der Waals surface area contributed by atoms with E-state index in [9.17, 15) is 9.59 Å². The molecule has 1 aliphatic rings. The van der Waals surface area contributed by atoms with Crippen molar-refractivity contribution in [2.24, 2.45) is 0 Å². The Morgan fingerprint density at radius 1 is 1.00 bits per heavy atom. The fourth-order valence-corrected chi connectivity index (χ4v) is 3.46. The maximum atomic E-state index is 13.3. The Morgan fingerprint density at radius 3 is 2.43 bits per heavy atom. The highest BCUT2D eigenvalue weighted by Crippen LogP contribution is 2.18. The summed E-state index contributed by atoms with van der Waals surface area (Å²) in [6.07, 6.45) is 1.93. The number of benzene rings is 2. The van der Waals surface area contributed by atoms with E-state index in [1.165, 1.54) is 6.33 Å². The first-order chi connectivity index (χ1) is 14.7. The molecule has 1 N–H and O–H groups in total. The summed E-state index contributed by atoms with van der Waals surface area (Å²) in [6.45, 7) is 1.38. The van der Waals surface area contributed by atoms with Gasteiger partial charge in [0.05, 0.1) is 0 Å². The standard InChI is InChI=1S/C22H23N5O3/c28-20(26-12-7-13-27-21(26)23-16-24-27)19(14-17-8-3-1-4-9-17)25-22(29)30-15-18-10-5-2-6-11-18/h1-6,8-11,16,19H,7,12-15H2,(H,25,29)/t19-/m0/s1. The minimum Gasteiger partial charge on any atom is -0.445 e. The number of hydrogen-bond acceptors (Lipinski definition) is 5. The predicted octanol–water partition coefficient (Wildman–Crippen LogP) is 2.55. The van der Waals surface area contributed by atoms with Crippen LogP contribution in [-0.4, -0.2) is 39.4 Å². The van der Waals surface area contributed by atoms with Crippen LogP contribution in [0.3, 0.4) is 0 Å². The highest BCUT2D eigenvalue weighted by atomic mass is 16.5. The molecule has 0 unspecified atom stereocenters. The maximum absolute atomic E-state index is 13.3. The van der Waals surface area contributed by atoms with E-state index in [1.807, 2.05) is 60.7 Å². The van der Waals surface area contributed by atoms with Crippen LogP contribution in [0.5, 0.6) is 0 Å². The van der Waals surface area contributed by atoms with Crippen LogP contribution in [0.25, 0.3) is 0 Å². The topological polar surface area (TPSA) is 89.4 Å². The lowest BCUT2D eigenvalue weighted by molar-refractivity contribution is -0.120. The predicted molar refractivity (Wildman–Crippen MR) is 111 cm³/mol.